The fourth-order valence-corrected chi connectivity index (χ4v) is 5.10. The number of amidine groups is 2. The predicted octanol–water partition coefficient (Wildman–Crippen LogP) is 2.09. The maximum Gasteiger partial charge on any atom is 2.00 e. The van der Waals surface area contributed by atoms with E-state index >= 15 is 0 Å². The van der Waals surface area contributed by atoms with E-state index in [1.165, 1.54) is 79.7 Å². The standard InChI is InChI=1S/2C13H16N2O3.4C5H8O2.2Eu/c2*1-12(2)13(3,4)15(18)11(14(12)17)9-7-5-6-8-10(9)16;4*1-4(6)3-5(2)7;;/h2*5-8H,1-4H3;4*3,6H,1-2H3;;/q;;;;;;2*+2/p-4/b;;4*4-3-;;. The van der Waals surface area contributed by atoms with Gasteiger partial charge in [0.1, 0.15) is 20.6 Å². The molecule has 0 unspecified atom stereocenters. The number of nitrogens with zero attached hydrogens (tertiary/aromatic N) is 4. The number of carbonyl (C=O) groups is 4. The summed E-state index contributed by atoms with van der Waals surface area (Å²) in [5, 5.41) is 88.1. The zero-order chi connectivity index (χ0) is 50.9. The van der Waals surface area contributed by atoms with Crippen LogP contribution < -0.4 is 30.6 Å². The number of nitroso groups, excluding NO2 is 2. The predicted molar refractivity (Wildman–Crippen MR) is 229 cm³/mol. The van der Waals surface area contributed by atoms with E-state index < -0.39 is 22.2 Å². The fourth-order valence-electron chi connectivity index (χ4n) is 5.10. The van der Waals surface area contributed by atoms with Crippen molar-refractivity contribution in [3.05, 3.63) is 127 Å². The second-order valence-electron chi connectivity index (χ2n) is 16.5. The van der Waals surface area contributed by atoms with Gasteiger partial charge in [0.15, 0.2) is 23.1 Å². The Morgan fingerprint density at radius 1 is 0.424 bits per heavy atom. The smallest absolute Gasteiger partial charge is 0.876 e. The Bertz CT molecular complexity index is 2040. The number of carbonyl (C=O) groups excluding carboxylic acids is 4. The quantitative estimate of drug-likeness (QED) is 0.173. The minimum Gasteiger partial charge on any atom is -0.876 e. The topological polar surface area (TPSA) is 299 Å². The average molecular weight is 1200 g/mol. The molecule has 20 heteroatoms. The van der Waals surface area contributed by atoms with E-state index in [9.17, 15) is 70.0 Å². The first-order valence-electron chi connectivity index (χ1n) is 19.5. The molecule has 2 aromatic rings. The van der Waals surface area contributed by atoms with Gasteiger partial charge in [-0.25, -0.2) is 0 Å². The second kappa shape index (κ2) is 29.8. The number of hydrogen-bond donors (Lipinski definition) is 0. The molecule has 0 aliphatic carbocycles. The van der Waals surface area contributed by atoms with Gasteiger partial charge >= 0.3 is 110 Å². The van der Waals surface area contributed by atoms with Crippen LogP contribution >= 0.6 is 0 Å². The summed E-state index contributed by atoms with van der Waals surface area (Å²) in [6.07, 6.45) is 4.22. The van der Waals surface area contributed by atoms with E-state index in [4.69, 9.17) is 0 Å². The van der Waals surface area contributed by atoms with Gasteiger partial charge in [-0.05, 0) is 64.1 Å². The molecule has 0 amide bonds. The average Bonchev–Trinajstić information content (AvgIpc) is 3.31. The van der Waals surface area contributed by atoms with Gasteiger partial charge in [-0.1, -0.05) is 75.6 Å². The first kappa shape index (κ1) is 68.8. The second-order valence-corrected chi connectivity index (χ2v) is 16.5. The van der Waals surface area contributed by atoms with Gasteiger partial charge in [-0.3, -0.25) is 19.2 Å². The van der Waals surface area contributed by atoms with Crippen LogP contribution in [0.5, 0.6) is 11.5 Å². The van der Waals surface area contributed by atoms with Crippen LogP contribution in [-0.2, 0) is 19.2 Å². The Labute approximate surface area is 468 Å². The van der Waals surface area contributed by atoms with Crippen molar-refractivity contribution in [2.24, 2.45) is 0 Å². The number of ketones is 4. The number of hydrogen-bond acceptors (Lipinski definition) is 14. The summed E-state index contributed by atoms with van der Waals surface area (Å²) in [4.78, 5) is 64.5. The van der Waals surface area contributed by atoms with E-state index in [1.807, 2.05) is 0 Å². The number of allylic oxidation sites excluding steroid dienone is 8. The summed E-state index contributed by atoms with van der Waals surface area (Å²) in [6.45, 7) is 24.4. The molecule has 0 N–H and O–H groups in total. The summed E-state index contributed by atoms with van der Waals surface area (Å²) < 4.78 is 2.60. The maximum atomic E-state index is 12.3. The van der Waals surface area contributed by atoms with Crippen LogP contribution in [-0.4, -0.2) is 76.0 Å². The molecule has 0 spiro atoms. The molecule has 18 nitrogen and oxygen atoms in total. The van der Waals surface area contributed by atoms with E-state index in [0.29, 0.717) is 19.0 Å². The number of rotatable bonds is 6. The SMILES string of the molecule is CC(=O)/C=C(/C)[O-].CC(=O)/C=C(/C)[O-].CC(=O)/C=C(/C)[O-].CC(=O)/C=C(/C)[O-].CC1(C)[N+](=O)C(c2ccccc2[O-])=[N+]([O-])C1(C)C.CC1(C)[N+](=O)C(c2ccccc2[O-])=[N+]([O-])C1(C)C.[Eu+2].[Eu+2]. The largest absolute Gasteiger partial charge is 2.00 e. The molecule has 2 aliphatic heterocycles. The summed E-state index contributed by atoms with van der Waals surface area (Å²) in [7, 11) is 0. The van der Waals surface area contributed by atoms with Gasteiger partial charge in [-0.15, -0.1) is 32.5 Å². The van der Waals surface area contributed by atoms with Crippen molar-refractivity contribution in [3.8, 4) is 11.5 Å². The van der Waals surface area contributed by atoms with Gasteiger partial charge < -0.3 is 41.1 Å². The molecular weight excluding hydrogens is 1140 g/mol. The fraction of sp³-hybridized carbons (Fsp3) is 0.435. The van der Waals surface area contributed by atoms with E-state index in [2.05, 4.69) is 0 Å². The number of hydroxylamine groups is 2. The van der Waals surface area contributed by atoms with Gasteiger partial charge in [0.25, 0.3) is 11.1 Å². The summed E-state index contributed by atoms with van der Waals surface area (Å²) in [5.74, 6) is -2.34. The van der Waals surface area contributed by atoms with Gasteiger partial charge in [0, 0.05) is 65.2 Å². The normalized spacial score (nSPS) is 16.5. The Kier molecular flexibility index (Phi) is 31.1. The van der Waals surface area contributed by atoms with Crippen LogP contribution in [0, 0.1) is 119 Å². The first-order valence-corrected chi connectivity index (χ1v) is 19.5. The summed E-state index contributed by atoms with van der Waals surface area (Å²) >= 11 is 0. The minimum absolute atomic E-state index is 0. The van der Waals surface area contributed by atoms with Gasteiger partial charge in [0.05, 0.1) is 0 Å². The van der Waals surface area contributed by atoms with Crippen molar-refractivity contribution >= 4 is 34.8 Å². The van der Waals surface area contributed by atoms with E-state index in [0.717, 1.165) is 24.3 Å². The van der Waals surface area contributed by atoms with Crippen molar-refractivity contribution in [1.29, 1.82) is 0 Å². The maximum absolute atomic E-state index is 12.3. The third-order valence-electron chi connectivity index (χ3n) is 9.68. The molecule has 2 aliphatic rings. The van der Waals surface area contributed by atoms with Crippen LogP contribution in [0.3, 0.4) is 0 Å². The summed E-state index contributed by atoms with van der Waals surface area (Å²) in [5.41, 5.74) is -3.28. The first-order chi connectivity index (χ1) is 28.9. The van der Waals surface area contributed by atoms with Crippen LogP contribution in [0.25, 0.3) is 0 Å². The van der Waals surface area contributed by atoms with E-state index in [1.54, 1.807) is 79.7 Å². The molecule has 362 valence electrons. The molecule has 4 rings (SSSR count). The molecule has 2 aromatic carbocycles. The Morgan fingerprint density at radius 2 is 0.621 bits per heavy atom. The van der Waals surface area contributed by atoms with Crippen molar-refractivity contribution in [1.82, 2.24) is 0 Å². The third-order valence-corrected chi connectivity index (χ3v) is 9.68. The van der Waals surface area contributed by atoms with Crippen LogP contribution in [0.15, 0.2) is 95.9 Å². The Balaban J connectivity index is -0.000000372. The number of para-hydroxylation sites is 2. The van der Waals surface area contributed by atoms with Crippen LogP contribution in [0.1, 0.15) is 122 Å². The van der Waals surface area contributed by atoms with Crippen molar-refractivity contribution < 1.29 is 168 Å². The minimum atomic E-state index is -0.896. The Hall–Kier alpha value is -3.81. The summed E-state index contributed by atoms with van der Waals surface area (Å²) in [6, 6.07) is 12.2. The molecule has 2 radical (unpaired) electrons. The van der Waals surface area contributed by atoms with Crippen molar-refractivity contribution in [3.63, 3.8) is 0 Å². The molecule has 0 saturated heterocycles. The third kappa shape index (κ3) is 21.0. The zero-order valence-corrected chi connectivity index (χ0v) is 45.0. The van der Waals surface area contributed by atoms with Crippen molar-refractivity contribution in [2.45, 2.75) is 133 Å². The number of benzene rings is 2. The zero-order valence-electron chi connectivity index (χ0n) is 40.2. The van der Waals surface area contributed by atoms with E-state index in [-0.39, 0.29) is 179 Å². The molecule has 0 aromatic heterocycles. The van der Waals surface area contributed by atoms with Gasteiger partial charge in [0.2, 0.25) is 11.1 Å². The molecule has 2 heterocycles. The van der Waals surface area contributed by atoms with Crippen LogP contribution in [0.2, 0.25) is 0 Å². The molecule has 66 heavy (non-hydrogen) atoms. The van der Waals surface area contributed by atoms with Crippen molar-refractivity contribution in [2.75, 3.05) is 0 Å². The molecular formula is C46H60Eu2N4O14. The molecule has 0 atom stereocenters. The molecule has 0 bridgehead atoms. The van der Waals surface area contributed by atoms with Gasteiger partial charge in [-0.2, -0.15) is 0 Å². The molecule has 0 fully saturated rings. The van der Waals surface area contributed by atoms with Crippen LogP contribution in [0.4, 0.5) is 0 Å². The Morgan fingerprint density at radius 3 is 0.742 bits per heavy atom. The molecule has 0 saturated carbocycles. The monoisotopic (exact) mass is 1200 g/mol.